The number of alkyl halides is 1. The molecule has 0 aromatic heterocycles. The molecule has 0 aromatic rings. The van der Waals surface area contributed by atoms with Gasteiger partial charge in [-0.2, -0.15) is 0 Å². The fourth-order valence-electron chi connectivity index (χ4n) is 3.68. The highest BCUT2D eigenvalue weighted by Gasteiger charge is 2.79. The maximum Gasteiger partial charge on any atom is 0.339 e. The first-order valence-electron chi connectivity index (χ1n) is 6.77. The average Bonchev–Trinajstić information content (AvgIpc) is 2.45. The van der Waals surface area contributed by atoms with Crippen molar-refractivity contribution in [2.75, 3.05) is 5.88 Å². The first-order chi connectivity index (χ1) is 8.97. The van der Waals surface area contributed by atoms with E-state index < -0.39 is 29.1 Å². The third-order valence-electron chi connectivity index (χ3n) is 5.15. The third-order valence-corrected chi connectivity index (χ3v) is 5.37. The lowest BCUT2D eigenvalue weighted by molar-refractivity contribution is -0.241. The summed E-state index contributed by atoms with van der Waals surface area (Å²) in [7, 11) is 0. The number of aliphatic hydroxyl groups is 1. The summed E-state index contributed by atoms with van der Waals surface area (Å²) in [5.74, 6) is -0.840. The van der Waals surface area contributed by atoms with Crippen LogP contribution in [0.5, 0.6) is 0 Å². The predicted molar refractivity (Wildman–Crippen MR) is 67.5 cm³/mol. The van der Waals surface area contributed by atoms with Crippen molar-refractivity contribution >= 4 is 23.5 Å². The molecule has 2 aliphatic heterocycles. The van der Waals surface area contributed by atoms with Crippen molar-refractivity contribution in [1.29, 1.82) is 0 Å². The van der Waals surface area contributed by atoms with Crippen molar-refractivity contribution in [1.82, 2.24) is 5.32 Å². The zero-order chi connectivity index (χ0) is 13.8. The highest BCUT2D eigenvalue weighted by atomic mass is 35.5. The molecule has 3 rings (SSSR count). The fourth-order valence-corrected chi connectivity index (χ4v) is 3.89. The second kappa shape index (κ2) is 4.09. The number of carbonyl (C=O) groups excluding carboxylic acids is 2. The van der Waals surface area contributed by atoms with Crippen LogP contribution in [0.3, 0.4) is 0 Å². The molecule has 0 radical (unpaired) electrons. The van der Waals surface area contributed by atoms with Gasteiger partial charge in [-0.25, -0.2) is 4.79 Å². The molecular formula is C13H18ClNO4. The number of carbonyl (C=O) groups is 2. The maximum atomic E-state index is 12.1. The van der Waals surface area contributed by atoms with Gasteiger partial charge in [0.15, 0.2) is 5.60 Å². The molecule has 0 spiro atoms. The van der Waals surface area contributed by atoms with E-state index in [4.69, 9.17) is 16.3 Å². The molecule has 0 bridgehead atoms. The van der Waals surface area contributed by atoms with Crippen LogP contribution < -0.4 is 5.32 Å². The van der Waals surface area contributed by atoms with Crippen LogP contribution in [-0.4, -0.2) is 40.1 Å². The molecule has 5 nitrogen and oxygen atoms in total. The number of ether oxygens (including phenoxy) is 1. The topological polar surface area (TPSA) is 75.6 Å². The van der Waals surface area contributed by atoms with Gasteiger partial charge in [0.1, 0.15) is 0 Å². The Morgan fingerprint density at radius 2 is 2.21 bits per heavy atom. The quantitative estimate of drug-likeness (QED) is 0.586. The van der Waals surface area contributed by atoms with Crippen LogP contribution in [0.2, 0.25) is 0 Å². The van der Waals surface area contributed by atoms with Crippen LogP contribution in [0.1, 0.15) is 32.6 Å². The Hall–Kier alpha value is -0.810. The lowest BCUT2D eigenvalue weighted by atomic mass is 9.62. The zero-order valence-corrected chi connectivity index (χ0v) is 11.6. The second-order valence-electron chi connectivity index (χ2n) is 5.96. The molecule has 2 saturated heterocycles. The van der Waals surface area contributed by atoms with Gasteiger partial charge in [-0.05, 0) is 32.1 Å². The van der Waals surface area contributed by atoms with E-state index in [0.717, 1.165) is 19.3 Å². The van der Waals surface area contributed by atoms with E-state index in [1.165, 1.54) is 0 Å². The molecule has 1 amide bonds. The van der Waals surface area contributed by atoms with Crippen molar-refractivity contribution in [2.45, 2.75) is 49.9 Å². The molecule has 1 saturated carbocycles. The standard InChI is InChI=1S/C13H18ClNO4/c1-12-8(5-6-14)10(17)15-13(12,11(18)19-12)9(16)7-3-2-4-7/h7-9,16H,2-6H2,1H3,(H,15,17)/t8-,9-,12-,13-/m0/s1. The summed E-state index contributed by atoms with van der Waals surface area (Å²) < 4.78 is 5.29. The van der Waals surface area contributed by atoms with Gasteiger partial charge < -0.3 is 15.2 Å². The molecule has 3 fully saturated rings. The van der Waals surface area contributed by atoms with Crippen molar-refractivity contribution in [3.8, 4) is 0 Å². The predicted octanol–water partition coefficient (Wildman–Crippen LogP) is 0.577. The Morgan fingerprint density at radius 3 is 2.68 bits per heavy atom. The molecule has 106 valence electrons. The lowest BCUT2D eigenvalue weighted by Crippen LogP contribution is -2.80. The molecule has 19 heavy (non-hydrogen) atoms. The highest BCUT2D eigenvalue weighted by Crippen LogP contribution is 2.54. The molecule has 1 aliphatic carbocycles. The minimum atomic E-state index is -1.26. The van der Waals surface area contributed by atoms with Crippen molar-refractivity contribution < 1.29 is 19.4 Å². The molecular weight excluding hydrogens is 270 g/mol. The Kier molecular flexibility index (Phi) is 2.84. The summed E-state index contributed by atoms with van der Waals surface area (Å²) in [6.07, 6.45) is 2.42. The van der Waals surface area contributed by atoms with Gasteiger partial charge in [0.2, 0.25) is 11.4 Å². The first kappa shape index (κ1) is 13.2. The number of hydrogen-bond donors (Lipinski definition) is 2. The molecule has 4 atom stereocenters. The summed E-state index contributed by atoms with van der Waals surface area (Å²) in [6, 6.07) is 0. The van der Waals surface area contributed by atoms with Crippen LogP contribution >= 0.6 is 11.6 Å². The zero-order valence-electron chi connectivity index (χ0n) is 10.8. The first-order valence-corrected chi connectivity index (χ1v) is 7.30. The van der Waals surface area contributed by atoms with Crippen molar-refractivity contribution in [3.05, 3.63) is 0 Å². The summed E-state index contributed by atoms with van der Waals surface area (Å²) in [5, 5.41) is 13.3. The summed E-state index contributed by atoms with van der Waals surface area (Å²) in [6.45, 7) is 1.73. The van der Waals surface area contributed by atoms with Crippen LogP contribution in [0, 0.1) is 11.8 Å². The highest BCUT2D eigenvalue weighted by molar-refractivity contribution is 6.18. The van der Waals surface area contributed by atoms with E-state index in [-0.39, 0.29) is 11.8 Å². The second-order valence-corrected chi connectivity index (χ2v) is 6.34. The summed E-state index contributed by atoms with van der Waals surface area (Å²) in [5.41, 5.74) is -2.23. The SMILES string of the molecule is C[C@@]12OC(=O)[C@]1([C@@H](O)C1CCC1)NC(=O)[C@@H]2CCCl. The monoisotopic (exact) mass is 287 g/mol. The molecule has 2 N–H and O–H groups in total. The number of nitrogens with one attached hydrogen (secondary N) is 1. The van der Waals surface area contributed by atoms with Crippen LogP contribution in [0.15, 0.2) is 0 Å². The Bertz CT molecular complexity index is 436. The number of esters is 1. The van der Waals surface area contributed by atoms with Crippen molar-refractivity contribution in [2.24, 2.45) is 11.8 Å². The molecule has 3 aliphatic rings. The molecule has 0 aromatic carbocycles. The van der Waals surface area contributed by atoms with E-state index in [0.29, 0.717) is 12.3 Å². The van der Waals surface area contributed by atoms with Crippen LogP contribution in [0.25, 0.3) is 0 Å². The molecule has 0 unspecified atom stereocenters. The summed E-state index contributed by atoms with van der Waals surface area (Å²) >= 11 is 5.73. The minimum absolute atomic E-state index is 0.0715. The van der Waals surface area contributed by atoms with Crippen LogP contribution in [-0.2, 0) is 14.3 Å². The molecule has 2 heterocycles. The number of halogens is 1. The fraction of sp³-hybridized carbons (Fsp3) is 0.846. The van der Waals surface area contributed by atoms with Gasteiger partial charge in [-0.3, -0.25) is 4.79 Å². The lowest BCUT2D eigenvalue weighted by Gasteiger charge is -2.55. The molecule has 6 heteroatoms. The van der Waals surface area contributed by atoms with E-state index in [1.807, 2.05) is 0 Å². The van der Waals surface area contributed by atoms with E-state index in [2.05, 4.69) is 5.32 Å². The number of fused-ring (bicyclic) bond motifs is 1. The number of rotatable bonds is 4. The van der Waals surface area contributed by atoms with Gasteiger partial charge in [0, 0.05) is 5.88 Å². The van der Waals surface area contributed by atoms with Crippen LogP contribution in [0.4, 0.5) is 0 Å². The Morgan fingerprint density at radius 1 is 1.53 bits per heavy atom. The smallest absolute Gasteiger partial charge is 0.339 e. The van der Waals surface area contributed by atoms with Gasteiger partial charge in [0.25, 0.3) is 0 Å². The van der Waals surface area contributed by atoms with Gasteiger partial charge >= 0.3 is 5.97 Å². The number of amides is 1. The Labute approximate surface area is 116 Å². The van der Waals surface area contributed by atoms with Gasteiger partial charge in [0.05, 0.1) is 12.0 Å². The maximum absolute atomic E-state index is 12.1. The minimum Gasteiger partial charge on any atom is -0.453 e. The van der Waals surface area contributed by atoms with E-state index in [1.54, 1.807) is 6.92 Å². The summed E-state index contributed by atoms with van der Waals surface area (Å²) in [4.78, 5) is 24.1. The third kappa shape index (κ3) is 1.40. The van der Waals surface area contributed by atoms with Gasteiger partial charge in [-0.15, -0.1) is 11.6 Å². The largest absolute Gasteiger partial charge is 0.453 e. The number of aliphatic hydroxyl groups excluding tert-OH is 1. The normalized spacial score (nSPS) is 42.8. The van der Waals surface area contributed by atoms with E-state index >= 15 is 0 Å². The Balaban J connectivity index is 1.94. The average molecular weight is 288 g/mol. The number of hydrogen-bond acceptors (Lipinski definition) is 4. The van der Waals surface area contributed by atoms with Gasteiger partial charge in [-0.1, -0.05) is 6.42 Å². The van der Waals surface area contributed by atoms with E-state index in [9.17, 15) is 14.7 Å². The van der Waals surface area contributed by atoms with Crippen molar-refractivity contribution in [3.63, 3.8) is 0 Å².